The van der Waals surface area contributed by atoms with E-state index in [-0.39, 0.29) is 0 Å². The first-order valence-electron chi connectivity index (χ1n) is 6.65. The van der Waals surface area contributed by atoms with Crippen LogP contribution in [0.5, 0.6) is 0 Å². The van der Waals surface area contributed by atoms with Crippen molar-refractivity contribution in [2.75, 3.05) is 5.32 Å². The third-order valence-corrected chi connectivity index (χ3v) is 2.98. The molecule has 0 unspecified atom stereocenters. The summed E-state index contributed by atoms with van der Waals surface area (Å²) in [7, 11) is 0. The monoisotopic (exact) mass is 219 g/mol. The lowest BCUT2D eigenvalue weighted by atomic mass is 10.1. The Morgan fingerprint density at radius 1 is 1.06 bits per heavy atom. The lowest BCUT2D eigenvalue weighted by molar-refractivity contribution is 0.586. The summed E-state index contributed by atoms with van der Waals surface area (Å²) in [5.74, 6) is 0. The molecule has 0 amide bonds. The number of benzene rings is 1. The highest BCUT2D eigenvalue weighted by molar-refractivity contribution is 5.46. The first-order chi connectivity index (χ1) is 7.80. The van der Waals surface area contributed by atoms with Gasteiger partial charge < -0.3 is 5.32 Å². The Hall–Kier alpha value is -0.980. The average molecular weight is 219 g/mol. The lowest BCUT2D eigenvalue weighted by Gasteiger charge is -2.19. The molecule has 0 aliphatic carbocycles. The van der Waals surface area contributed by atoms with Crippen LogP contribution in [-0.4, -0.2) is 6.04 Å². The summed E-state index contributed by atoms with van der Waals surface area (Å²) >= 11 is 0. The first-order valence-corrected chi connectivity index (χ1v) is 6.65. The molecule has 0 spiro atoms. The standard InChI is InChI=1S/C15H25N/c1-4-8-14(9-5-2)16-15-11-7-10-13(6-3)12-15/h7,10-12,14,16H,4-6,8-9H2,1-3H3. The molecule has 90 valence electrons. The molecule has 0 saturated heterocycles. The molecular weight excluding hydrogens is 194 g/mol. The molecule has 1 rings (SSSR count). The SMILES string of the molecule is CCCC(CCC)Nc1cccc(CC)c1. The van der Waals surface area contributed by atoms with Crippen molar-refractivity contribution < 1.29 is 0 Å². The highest BCUT2D eigenvalue weighted by Gasteiger charge is 2.06. The molecule has 16 heavy (non-hydrogen) atoms. The Labute approximate surface area is 100 Å². The van der Waals surface area contributed by atoms with Crippen LogP contribution in [0.25, 0.3) is 0 Å². The Balaban J connectivity index is 2.60. The summed E-state index contributed by atoms with van der Waals surface area (Å²) < 4.78 is 0. The van der Waals surface area contributed by atoms with Gasteiger partial charge in [-0.15, -0.1) is 0 Å². The number of hydrogen-bond acceptors (Lipinski definition) is 1. The van der Waals surface area contributed by atoms with Crippen molar-refractivity contribution >= 4 is 5.69 Å². The molecule has 0 fully saturated rings. The largest absolute Gasteiger partial charge is 0.382 e. The average Bonchev–Trinajstić information content (AvgIpc) is 2.30. The van der Waals surface area contributed by atoms with Gasteiger partial charge in [0.1, 0.15) is 0 Å². The lowest BCUT2D eigenvalue weighted by Crippen LogP contribution is -2.18. The van der Waals surface area contributed by atoms with Crippen LogP contribution < -0.4 is 5.32 Å². The van der Waals surface area contributed by atoms with Crippen molar-refractivity contribution in [3.63, 3.8) is 0 Å². The van der Waals surface area contributed by atoms with Gasteiger partial charge >= 0.3 is 0 Å². The minimum atomic E-state index is 0.641. The van der Waals surface area contributed by atoms with Gasteiger partial charge in [-0.25, -0.2) is 0 Å². The summed E-state index contributed by atoms with van der Waals surface area (Å²) in [4.78, 5) is 0. The first kappa shape index (κ1) is 13.1. The zero-order chi connectivity index (χ0) is 11.8. The molecule has 0 saturated carbocycles. The molecule has 1 aromatic rings. The van der Waals surface area contributed by atoms with Gasteiger partial charge in [-0.05, 0) is 37.0 Å². The van der Waals surface area contributed by atoms with Crippen molar-refractivity contribution in [3.8, 4) is 0 Å². The number of hydrogen-bond donors (Lipinski definition) is 1. The zero-order valence-electron chi connectivity index (χ0n) is 10.9. The van der Waals surface area contributed by atoms with Crippen molar-refractivity contribution in [3.05, 3.63) is 29.8 Å². The van der Waals surface area contributed by atoms with Gasteiger partial charge in [-0.2, -0.15) is 0 Å². The van der Waals surface area contributed by atoms with E-state index in [4.69, 9.17) is 0 Å². The highest BCUT2D eigenvalue weighted by atomic mass is 14.9. The molecule has 1 aromatic carbocycles. The molecule has 1 N–H and O–H groups in total. The van der Waals surface area contributed by atoms with Gasteiger partial charge in [-0.3, -0.25) is 0 Å². The van der Waals surface area contributed by atoms with Crippen LogP contribution in [0.15, 0.2) is 24.3 Å². The van der Waals surface area contributed by atoms with Gasteiger partial charge in [0.25, 0.3) is 0 Å². The van der Waals surface area contributed by atoms with E-state index in [0.29, 0.717) is 6.04 Å². The van der Waals surface area contributed by atoms with E-state index in [1.165, 1.54) is 36.9 Å². The maximum atomic E-state index is 3.66. The molecule has 0 aromatic heterocycles. The summed E-state index contributed by atoms with van der Waals surface area (Å²) in [6.45, 7) is 6.72. The highest BCUT2D eigenvalue weighted by Crippen LogP contribution is 2.16. The van der Waals surface area contributed by atoms with Crippen LogP contribution in [0.1, 0.15) is 52.0 Å². The van der Waals surface area contributed by atoms with E-state index in [9.17, 15) is 0 Å². The summed E-state index contributed by atoms with van der Waals surface area (Å²) in [5, 5.41) is 3.66. The van der Waals surface area contributed by atoms with Gasteiger partial charge in [0.2, 0.25) is 0 Å². The van der Waals surface area contributed by atoms with Crippen LogP contribution >= 0.6 is 0 Å². The van der Waals surface area contributed by atoms with E-state index in [1.54, 1.807) is 0 Å². The number of anilines is 1. The molecule has 0 heterocycles. The minimum absolute atomic E-state index is 0.641. The molecular formula is C15H25N. The number of nitrogens with one attached hydrogen (secondary N) is 1. The third kappa shape index (κ3) is 4.26. The molecule has 1 heteroatoms. The maximum absolute atomic E-state index is 3.66. The normalized spacial score (nSPS) is 10.8. The fraction of sp³-hybridized carbons (Fsp3) is 0.600. The summed E-state index contributed by atoms with van der Waals surface area (Å²) in [5.41, 5.74) is 2.70. The minimum Gasteiger partial charge on any atom is -0.382 e. The van der Waals surface area contributed by atoms with Gasteiger partial charge in [0.15, 0.2) is 0 Å². The Morgan fingerprint density at radius 2 is 1.75 bits per heavy atom. The van der Waals surface area contributed by atoms with Crippen LogP contribution in [-0.2, 0) is 6.42 Å². The predicted octanol–water partition coefficient (Wildman–Crippen LogP) is 4.63. The smallest absolute Gasteiger partial charge is 0.0345 e. The molecule has 1 nitrogen and oxygen atoms in total. The maximum Gasteiger partial charge on any atom is 0.0345 e. The van der Waals surface area contributed by atoms with Crippen LogP contribution in [0.2, 0.25) is 0 Å². The van der Waals surface area contributed by atoms with Crippen molar-refractivity contribution in [1.82, 2.24) is 0 Å². The summed E-state index contributed by atoms with van der Waals surface area (Å²) in [6.07, 6.45) is 6.16. The number of aryl methyl sites for hydroxylation is 1. The zero-order valence-corrected chi connectivity index (χ0v) is 10.9. The molecule has 0 bridgehead atoms. The van der Waals surface area contributed by atoms with Crippen molar-refractivity contribution in [2.45, 2.75) is 58.9 Å². The Kier molecular flexibility index (Phi) is 5.99. The topological polar surface area (TPSA) is 12.0 Å². The van der Waals surface area contributed by atoms with E-state index in [2.05, 4.69) is 50.4 Å². The summed E-state index contributed by atoms with van der Waals surface area (Å²) in [6, 6.07) is 9.44. The third-order valence-electron chi connectivity index (χ3n) is 2.98. The Bertz CT molecular complexity index is 287. The molecule has 0 aliphatic rings. The van der Waals surface area contributed by atoms with E-state index >= 15 is 0 Å². The van der Waals surface area contributed by atoms with E-state index in [1.807, 2.05) is 0 Å². The van der Waals surface area contributed by atoms with Crippen LogP contribution in [0.4, 0.5) is 5.69 Å². The quantitative estimate of drug-likeness (QED) is 0.705. The molecule has 0 radical (unpaired) electrons. The van der Waals surface area contributed by atoms with Gasteiger partial charge in [-0.1, -0.05) is 45.7 Å². The molecule has 0 atom stereocenters. The second kappa shape index (κ2) is 7.32. The molecule has 0 aliphatic heterocycles. The van der Waals surface area contributed by atoms with E-state index < -0.39 is 0 Å². The van der Waals surface area contributed by atoms with Crippen molar-refractivity contribution in [1.29, 1.82) is 0 Å². The second-order valence-corrected chi connectivity index (χ2v) is 4.47. The predicted molar refractivity (Wildman–Crippen MR) is 73.0 cm³/mol. The van der Waals surface area contributed by atoms with Crippen molar-refractivity contribution in [2.24, 2.45) is 0 Å². The fourth-order valence-electron chi connectivity index (χ4n) is 2.10. The van der Waals surface area contributed by atoms with E-state index in [0.717, 1.165) is 6.42 Å². The Morgan fingerprint density at radius 3 is 2.31 bits per heavy atom. The van der Waals surface area contributed by atoms with Crippen LogP contribution in [0, 0.1) is 0 Å². The van der Waals surface area contributed by atoms with Gasteiger partial charge in [0.05, 0.1) is 0 Å². The van der Waals surface area contributed by atoms with Gasteiger partial charge in [0, 0.05) is 11.7 Å². The fourth-order valence-corrected chi connectivity index (χ4v) is 2.10. The number of rotatable bonds is 7. The second-order valence-electron chi connectivity index (χ2n) is 4.47. The van der Waals surface area contributed by atoms with Crippen LogP contribution in [0.3, 0.4) is 0 Å².